The normalized spacial score (nSPS) is 22.6. The lowest BCUT2D eigenvalue weighted by Gasteiger charge is -2.32. The highest BCUT2D eigenvalue weighted by atomic mass is 127. The Morgan fingerprint density at radius 3 is 2.68 bits per heavy atom. The molecule has 2 N–H and O–H groups in total. The van der Waals surface area contributed by atoms with Gasteiger partial charge in [0, 0.05) is 33.4 Å². The molecule has 0 saturated carbocycles. The lowest BCUT2D eigenvalue weighted by molar-refractivity contribution is 0.0420. The summed E-state index contributed by atoms with van der Waals surface area (Å²) >= 11 is 0. The maximum absolute atomic E-state index is 5.77. The fourth-order valence-electron chi connectivity index (χ4n) is 3.37. The van der Waals surface area contributed by atoms with Gasteiger partial charge in [0.1, 0.15) is 0 Å². The van der Waals surface area contributed by atoms with Gasteiger partial charge in [0.15, 0.2) is 5.96 Å². The average molecular weight is 468 g/mol. The second kappa shape index (κ2) is 14.0. The maximum atomic E-state index is 5.77. The fraction of sp³-hybridized carbons (Fsp3) is 0.944. The Bertz CT molecular complexity index is 357. The lowest BCUT2D eigenvalue weighted by Crippen LogP contribution is -2.43. The molecule has 2 aliphatic rings. The largest absolute Gasteiger partial charge is 0.379 e. The molecule has 0 aromatic rings. The van der Waals surface area contributed by atoms with Crippen molar-refractivity contribution < 1.29 is 9.47 Å². The first kappa shape index (κ1) is 22.9. The van der Waals surface area contributed by atoms with Crippen molar-refractivity contribution in [1.29, 1.82) is 0 Å². The summed E-state index contributed by atoms with van der Waals surface area (Å²) < 4.78 is 11.1. The van der Waals surface area contributed by atoms with Gasteiger partial charge in [-0.15, -0.1) is 24.0 Å². The third kappa shape index (κ3) is 9.40. The average Bonchev–Trinajstić information content (AvgIpc) is 3.12. The molecule has 0 aromatic heterocycles. The van der Waals surface area contributed by atoms with E-state index >= 15 is 0 Å². The van der Waals surface area contributed by atoms with Crippen LogP contribution >= 0.6 is 24.0 Å². The van der Waals surface area contributed by atoms with Gasteiger partial charge in [-0.25, -0.2) is 0 Å². The zero-order valence-electron chi connectivity index (χ0n) is 16.0. The van der Waals surface area contributed by atoms with Crippen molar-refractivity contribution >= 4 is 29.9 Å². The summed E-state index contributed by atoms with van der Waals surface area (Å²) in [7, 11) is 1.84. The molecule has 148 valence electrons. The molecular formula is C18H37IN4O2. The van der Waals surface area contributed by atoms with Gasteiger partial charge >= 0.3 is 0 Å². The molecule has 0 aliphatic carbocycles. The first-order chi connectivity index (χ1) is 11.8. The van der Waals surface area contributed by atoms with E-state index in [0.29, 0.717) is 6.10 Å². The van der Waals surface area contributed by atoms with Crippen molar-refractivity contribution in [3.05, 3.63) is 0 Å². The summed E-state index contributed by atoms with van der Waals surface area (Å²) in [5, 5.41) is 6.86. The smallest absolute Gasteiger partial charge is 0.190 e. The molecular weight excluding hydrogens is 431 g/mol. The number of rotatable bonds is 9. The Labute approximate surface area is 170 Å². The molecule has 0 bridgehead atoms. The Morgan fingerprint density at radius 1 is 1.24 bits per heavy atom. The molecule has 2 heterocycles. The molecule has 0 radical (unpaired) electrons. The fourth-order valence-corrected chi connectivity index (χ4v) is 3.37. The van der Waals surface area contributed by atoms with Crippen molar-refractivity contribution in [3.8, 4) is 0 Å². The summed E-state index contributed by atoms with van der Waals surface area (Å²) in [4.78, 5) is 6.90. The van der Waals surface area contributed by atoms with Crippen LogP contribution in [0, 0.1) is 5.92 Å². The Hall–Kier alpha value is -0.120. The zero-order chi connectivity index (χ0) is 17.0. The Kier molecular flexibility index (Phi) is 12.8. The quantitative estimate of drug-likeness (QED) is 0.235. The van der Waals surface area contributed by atoms with Crippen LogP contribution in [0.3, 0.4) is 0 Å². The summed E-state index contributed by atoms with van der Waals surface area (Å²) in [5.74, 6) is 1.68. The van der Waals surface area contributed by atoms with Gasteiger partial charge in [-0.1, -0.05) is 6.92 Å². The molecule has 0 amide bonds. The molecule has 25 heavy (non-hydrogen) atoms. The highest BCUT2D eigenvalue weighted by Gasteiger charge is 2.18. The first-order valence-corrected chi connectivity index (χ1v) is 9.68. The van der Waals surface area contributed by atoms with E-state index in [1.54, 1.807) is 0 Å². The summed E-state index contributed by atoms with van der Waals surface area (Å²) in [5.41, 5.74) is 0. The van der Waals surface area contributed by atoms with Gasteiger partial charge in [0.25, 0.3) is 0 Å². The SMILES string of the molecule is CCCN1CCC(CNC(=NC)NCCCOC2CCOC2)CC1.I. The van der Waals surface area contributed by atoms with Crippen LogP contribution in [0.5, 0.6) is 0 Å². The van der Waals surface area contributed by atoms with Crippen LogP contribution in [0.2, 0.25) is 0 Å². The third-order valence-electron chi connectivity index (χ3n) is 4.88. The molecule has 0 aromatic carbocycles. The number of nitrogens with one attached hydrogen (secondary N) is 2. The zero-order valence-corrected chi connectivity index (χ0v) is 18.3. The van der Waals surface area contributed by atoms with Crippen LogP contribution in [0.1, 0.15) is 39.0 Å². The van der Waals surface area contributed by atoms with Gasteiger partial charge in [0.05, 0.1) is 12.7 Å². The highest BCUT2D eigenvalue weighted by Crippen LogP contribution is 2.16. The van der Waals surface area contributed by atoms with Crippen LogP contribution in [0.15, 0.2) is 4.99 Å². The molecule has 6 nitrogen and oxygen atoms in total. The van der Waals surface area contributed by atoms with Gasteiger partial charge in [0.2, 0.25) is 0 Å². The topological polar surface area (TPSA) is 58.1 Å². The molecule has 2 aliphatic heterocycles. The van der Waals surface area contributed by atoms with Crippen LogP contribution < -0.4 is 10.6 Å². The summed E-state index contributed by atoms with van der Waals surface area (Å²) in [6.07, 6.45) is 6.18. The van der Waals surface area contributed by atoms with E-state index in [1.807, 2.05) is 7.05 Å². The number of aliphatic imine (C=N–C) groups is 1. The van der Waals surface area contributed by atoms with Crippen LogP contribution in [0.25, 0.3) is 0 Å². The van der Waals surface area contributed by atoms with Crippen LogP contribution in [0.4, 0.5) is 0 Å². The predicted molar refractivity (Wildman–Crippen MR) is 114 cm³/mol. The molecule has 0 spiro atoms. The number of hydrogen-bond acceptors (Lipinski definition) is 4. The third-order valence-corrected chi connectivity index (χ3v) is 4.88. The van der Waals surface area contributed by atoms with E-state index in [0.717, 1.165) is 57.6 Å². The van der Waals surface area contributed by atoms with E-state index in [-0.39, 0.29) is 24.0 Å². The van der Waals surface area contributed by atoms with Gasteiger partial charge in [-0.2, -0.15) is 0 Å². The number of likely N-dealkylation sites (tertiary alicyclic amines) is 1. The van der Waals surface area contributed by atoms with Crippen molar-refractivity contribution in [2.75, 3.05) is 59.6 Å². The first-order valence-electron chi connectivity index (χ1n) is 9.68. The lowest BCUT2D eigenvalue weighted by atomic mass is 9.97. The van der Waals surface area contributed by atoms with E-state index in [2.05, 4.69) is 27.4 Å². The number of hydrogen-bond donors (Lipinski definition) is 2. The standard InChI is InChI=1S/C18H36N4O2.HI/c1-3-9-22-10-5-16(6-11-22)14-21-18(19-2)20-8-4-12-24-17-7-13-23-15-17;/h16-17H,3-15H2,1-2H3,(H2,19,20,21);1H. The van der Waals surface area contributed by atoms with E-state index < -0.39 is 0 Å². The number of guanidine groups is 1. The molecule has 7 heteroatoms. The second-order valence-electron chi connectivity index (χ2n) is 6.87. The Morgan fingerprint density at radius 2 is 2.04 bits per heavy atom. The van der Waals surface area contributed by atoms with Gasteiger partial charge in [-0.3, -0.25) is 4.99 Å². The van der Waals surface area contributed by atoms with Crippen LogP contribution in [-0.2, 0) is 9.47 Å². The molecule has 1 unspecified atom stereocenters. The van der Waals surface area contributed by atoms with E-state index in [4.69, 9.17) is 9.47 Å². The molecule has 2 rings (SSSR count). The minimum Gasteiger partial charge on any atom is -0.379 e. The minimum atomic E-state index is 0. The minimum absolute atomic E-state index is 0. The van der Waals surface area contributed by atoms with Gasteiger partial charge in [-0.05, 0) is 57.7 Å². The summed E-state index contributed by atoms with van der Waals surface area (Å²) in [6.45, 7) is 10.3. The maximum Gasteiger partial charge on any atom is 0.190 e. The second-order valence-corrected chi connectivity index (χ2v) is 6.87. The Balaban J connectivity index is 0.00000312. The van der Waals surface area contributed by atoms with Crippen molar-refractivity contribution in [1.82, 2.24) is 15.5 Å². The highest BCUT2D eigenvalue weighted by molar-refractivity contribution is 14.0. The number of ether oxygens (including phenoxy) is 2. The number of halogens is 1. The predicted octanol–water partition coefficient (Wildman–Crippen LogP) is 2.09. The number of nitrogens with zero attached hydrogens (tertiary/aromatic N) is 2. The van der Waals surface area contributed by atoms with Crippen molar-refractivity contribution in [2.45, 2.75) is 45.1 Å². The molecule has 1 atom stereocenters. The van der Waals surface area contributed by atoms with E-state index in [1.165, 1.54) is 38.9 Å². The number of piperidine rings is 1. The molecule has 2 saturated heterocycles. The van der Waals surface area contributed by atoms with Crippen molar-refractivity contribution in [2.24, 2.45) is 10.9 Å². The monoisotopic (exact) mass is 468 g/mol. The van der Waals surface area contributed by atoms with Gasteiger partial charge < -0.3 is 25.0 Å². The van der Waals surface area contributed by atoms with E-state index in [9.17, 15) is 0 Å². The van der Waals surface area contributed by atoms with Crippen LogP contribution in [-0.4, -0.2) is 76.6 Å². The molecule has 2 fully saturated rings. The van der Waals surface area contributed by atoms with Crippen molar-refractivity contribution in [3.63, 3.8) is 0 Å². The summed E-state index contributed by atoms with van der Waals surface area (Å²) in [6, 6.07) is 0.